The van der Waals surface area contributed by atoms with Gasteiger partial charge in [-0.1, -0.05) is 78.9 Å². The van der Waals surface area contributed by atoms with Crippen molar-refractivity contribution >= 4 is 6.09 Å². The maximum Gasteiger partial charge on any atom is 0.408 e. The first kappa shape index (κ1) is 25.5. The first-order valence-corrected chi connectivity index (χ1v) is 13.5. The second-order valence-electron chi connectivity index (χ2n) is 11.0. The number of piperidine rings is 3. The molecule has 3 fully saturated rings. The number of carboxylic acid groups (broad SMARTS) is 1. The van der Waals surface area contributed by atoms with Crippen LogP contribution >= 0.6 is 0 Å². The molecule has 3 aliphatic heterocycles. The van der Waals surface area contributed by atoms with E-state index in [1.54, 1.807) is 4.90 Å². The zero-order valence-corrected chi connectivity index (χ0v) is 22.0. The third-order valence-corrected chi connectivity index (χ3v) is 8.29. The number of nitrogens with zero attached hydrogens (tertiary/aromatic N) is 2. The molecular weight excluding hydrogens is 460 g/mol. The summed E-state index contributed by atoms with van der Waals surface area (Å²) in [5.41, 5.74) is 5.17. The summed E-state index contributed by atoms with van der Waals surface area (Å²) in [4.78, 5) is 16.6. The van der Waals surface area contributed by atoms with E-state index < -0.39 is 11.6 Å². The summed E-state index contributed by atoms with van der Waals surface area (Å²) in [6.45, 7) is 8.47. The number of amides is 1. The lowest BCUT2D eigenvalue weighted by Crippen LogP contribution is -2.62. The van der Waals surface area contributed by atoms with Crippen molar-refractivity contribution < 1.29 is 14.6 Å². The zero-order chi connectivity index (χ0) is 25.8. The van der Waals surface area contributed by atoms with Crippen LogP contribution < -0.4 is 0 Å². The van der Waals surface area contributed by atoms with Crippen molar-refractivity contribution in [2.45, 2.75) is 51.3 Å². The summed E-state index contributed by atoms with van der Waals surface area (Å²) in [6, 6.07) is 27.4. The quantitative estimate of drug-likeness (QED) is 0.346. The van der Waals surface area contributed by atoms with Gasteiger partial charge in [-0.2, -0.15) is 0 Å². The molecule has 3 saturated heterocycles. The van der Waals surface area contributed by atoms with E-state index in [0.717, 1.165) is 55.6 Å². The molecule has 0 spiro atoms. The van der Waals surface area contributed by atoms with Gasteiger partial charge in [0.1, 0.15) is 0 Å². The predicted molar refractivity (Wildman–Crippen MR) is 148 cm³/mol. The number of carbonyl (C=O) groups is 1. The van der Waals surface area contributed by atoms with Gasteiger partial charge >= 0.3 is 6.09 Å². The predicted octanol–water partition coefficient (Wildman–Crippen LogP) is 6.42. The Balaban J connectivity index is 1.22. The van der Waals surface area contributed by atoms with E-state index in [9.17, 15) is 9.90 Å². The average molecular weight is 499 g/mol. The van der Waals surface area contributed by atoms with E-state index in [2.05, 4.69) is 65.6 Å². The third kappa shape index (κ3) is 5.73. The molecule has 0 aromatic heterocycles. The standard InChI is InChI=1S/C32H38N2O3/c1-32(2,34(31(35)36)30-22-33-19-16-28(30)17-20-33)29-14-12-27(13-15-29)26-10-8-24(9-11-26)18-21-37-23-25-6-4-3-5-7-25/h3-15,28,30H,16-23H2,1-2H3,(H,35,36). The fourth-order valence-corrected chi connectivity index (χ4v) is 6.05. The van der Waals surface area contributed by atoms with Crippen LogP contribution in [0.2, 0.25) is 0 Å². The van der Waals surface area contributed by atoms with Crippen LogP contribution in [0, 0.1) is 5.92 Å². The second-order valence-corrected chi connectivity index (χ2v) is 11.0. The molecule has 5 heteroatoms. The monoisotopic (exact) mass is 498 g/mol. The number of hydrogen-bond donors (Lipinski definition) is 1. The average Bonchev–Trinajstić information content (AvgIpc) is 2.92. The lowest BCUT2D eigenvalue weighted by atomic mass is 9.80. The van der Waals surface area contributed by atoms with Crippen LogP contribution in [0.4, 0.5) is 4.79 Å². The maximum atomic E-state index is 12.5. The highest BCUT2D eigenvalue weighted by atomic mass is 16.5. The van der Waals surface area contributed by atoms with Gasteiger partial charge in [-0.25, -0.2) is 4.79 Å². The summed E-state index contributed by atoms with van der Waals surface area (Å²) >= 11 is 0. The van der Waals surface area contributed by atoms with E-state index in [1.807, 2.05) is 32.0 Å². The molecule has 37 heavy (non-hydrogen) atoms. The highest BCUT2D eigenvalue weighted by Crippen LogP contribution is 2.38. The molecule has 0 radical (unpaired) electrons. The van der Waals surface area contributed by atoms with Crippen molar-refractivity contribution in [3.05, 3.63) is 95.6 Å². The Kier molecular flexibility index (Phi) is 7.63. The van der Waals surface area contributed by atoms with E-state index >= 15 is 0 Å². The molecule has 2 bridgehead atoms. The number of fused-ring (bicyclic) bond motifs is 3. The molecule has 1 N–H and O–H groups in total. The Bertz CT molecular complexity index is 1170. The van der Waals surface area contributed by atoms with Gasteiger partial charge in [0.2, 0.25) is 0 Å². The van der Waals surface area contributed by atoms with Gasteiger partial charge in [-0.15, -0.1) is 0 Å². The van der Waals surface area contributed by atoms with Gasteiger partial charge in [0.15, 0.2) is 0 Å². The SMILES string of the molecule is CC(C)(c1ccc(-c2ccc(CCOCc3ccccc3)cc2)cc1)N(C(=O)O)C1CN2CCC1CC2. The van der Waals surface area contributed by atoms with E-state index in [-0.39, 0.29) is 6.04 Å². The minimum Gasteiger partial charge on any atom is -0.465 e. The Morgan fingerprint density at radius 3 is 2.11 bits per heavy atom. The molecule has 1 amide bonds. The topological polar surface area (TPSA) is 53.0 Å². The van der Waals surface area contributed by atoms with Crippen molar-refractivity contribution in [3.8, 4) is 11.1 Å². The zero-order valence-electron chi connectivity index (χ0n) is 22.0. The first-order valence-electron chi connectivity index (χ1n) is 13.5. The van der Waals surface area contributed by atoms with E-state index in [1.165, 1.54) is 11.1 Å². The van der Waals surface area contributed by atoms with Gasteiger partial charge < -0.3 is 14.7 Å². The van der Waals surface area contributed by atoms with Crippen molar-refractivity contribution in [3.63, 3.8) is 0 Å². The Hall–Kier alpha value is -3.15. The number of rotatable bonds is 9. The van der Waals surface area contributed by atoms with Gasteiger partial charge in [-0.05, 0) is 79.9 Å². The highest BCUT2D eigenvalue weighted by molar-refractivity contribution is 5.68. The van der Waals surface area contributed by atoms with Crippen LogP contribution in [-0.4, -0.2) is 53.3 Å². The fourth-order valence-electron chi connectivity index (χ4n) is 6.05. The lowest BCUT2D eigenvalue weighted by Gasteiger charge is -2.52. The summed E-state index contributed by atoms with van der Waals surface area (Å²) in [7, 11) is 0. The van der Waals surface area contributed by atoms with Crippen molar-refractivity contribution in [1.29, 1.82) is 0 Å². The van der Waals surface area contributed by atoms with Crippen LogP contribution in [-0.2, 0) is 23.3 Å². The number of ether oxygens (including phenoxy) is 1. The fraction of sp³-hybridized carbons (Fsp3) is 0.406. The van der Waals surface area contributed by atoms with E-state index in [4.69, 9.17) is 4.74 Å². The van der Waals surface area contributed by atoms with Crippen LogP contribution in [0.15, 0.2) is 78.9 Å². The lowest BCUT2D eigenvalue weighted by molar-refractivity contribution is -0.0289. The Morgan fingerprint density at radius 2 is 1.54 bits per heavy atom. The molecule has 1 unspecified atom stereocenters. The third-order valence-electron chi connectivity index (χ3n) is 8.29. The van der Waals surface area contributed by atoms with Crippen LogP contribution in [0.3, 0.4) is 0 Å². The van der Waals surface area contributed by atoms with Crippen molar-refractivity contribution in [2.24, 2.45) is 5.92 Å². The van der Waals surface area contributed by atoms with Gasteiger partial charge in [0.05, 0.1) is 24.8 Å². The molecule has 3 aliphatic rings. The minimum atomic E-state index is -0.823. The first-order chi connectivity index (χ1) is 17.9. The summed E-state index contributed by atoms with van der Waals surface area (Å²) in [6.07, 6.45) is 2.25. The molecule has 3 aromatic carbocycles. The minimum absolute atomic E-state index is 0.0545. The molecule has 1 atom stereocenters. The molecule has 0 saturated carbocycles. The smallest absolute Gasteiger partial charge is 0.408 e. The summed E-state index contributed by atoms with van der Waals surface area (Å²) < 4.78 is 5.83. The van der Waals surface area contributed by atoms with Crippen LogP contribution in [0.25, 0.3) is 11.1 Å². The largest absolute Gasteiger partial charge is 0.465 e. The van der Waals surface area contributed by atoms with Crippen LogP contribution in [0.5, 0.6) is 0 Å². The highest BCUT2D eigenvalue weighted by Gasteiger charge is 2.45. The summed E-state index contributed by atoms with van der Waals surface area (Å²) in [5.74, 6) is 0.460. The molecule has 3 heterocycles. The van der Waals surface area contributed by atoms with Gasteiger partial charge in [0, 0.05) is 6.54 Å². The molecule has 194 valence electrons. The normalized spacial score (nSPS) is 21.1. The molecule has 0 aliphatic carbocycles. The molecule has 5 nitrogen and oxygen atoms in total. The number of benzene rings is 3. The molecule has 6 rings (SSSR count). The van der Waals surface area contributed by atoms with Crippen molar-refractivity contribution in [2.75, 3.05) is 26.2 Å². The van der Waals surface area contributed by atoms with Crippen molar-refractivity contribution in [1.82, 2.24) is 9.80 Å². The van der Waals surface area contributed by atoms with E-state index in [0.29, 0.717) is 19.1 Å². The molecular formula is C32H38N2O3. The number of hydrogen-bond acceptors (Lipinski definition) is 3. The maximum absolute atomic E-state index is 12.5. The van der Waals surface area contributed by atoms with Gasteiger partial charge in [0.25, 0.3) is 0 Å². The van der Waals surface area contributed by atoms with Crippen LogP contribution in [0.1, 0.15) is 43.4 Å². The van der Waals surface area contributed by atoms with Gasteiger partial charge in [-0.3, -0.25) is 4.90 Å². The Labute approximate surface area is 220 Å². The Morgan fingerprint density at radius 1 is 0.919 bits per heavy atom. The molecule has 3 aromatic rings. The summed E-state index contributed by atoms with van der Waals surface area (Å²) in [5, 5.41) is 10.2. The second kappa shape index (κ2) is 11.1.